The zero-order valence-corrected chi connectivity index (χ0v) is 14.6. The van der Waals surface area contributed by atoms with Crippen molar-refractivity contribution in [1.82, 2.24) is 9.88 Å². The molecule has 4 nitrogen and oxygen atoms in total. The van der Waals surface area contributed by atoms with Gasteiger partial charge in [-0.1, -0.05) is 18.2 Å². The maximum absolute atomic E-state index is 13.3. The van der Waals surface area contributed by atoms with Crippen molar-refractivity contribution >= 4 is 5.91 Å². The summed E-state index contributed by atoms with van der Waals surface area (Å²) in [5, 5.41) is 0. The van der Waals surface area contributed by atoms with Gasteiger partial charge >= 0.3 is 0 Å². The number of carbonyl (C=O) groups is 1. The normalized spacial score (nSPS) is 16.7. The molecule has 6 heteroatoms. The third-order valence-electron chi connectivity index (χ3n) is 4.74. The number of likely N-dealkylation sites (tertiary alicyclic amines) is 1. The topological polar surface area (TPSA) is 46.3 Å². The van der Waals surface area contributed by atoms with E-state index < -0.39 is 5.82 Å². The highest BCUT2D eigenvalue weighted by Crippen LogP contribution is 2.28. The molecule has 4 rings (SSSR count). The Hall–Kier alpha value is -3.02. The minimum absolute atomic E-state index is 0.00349. The predicted octanol–water partition coefficient (Wildman–Crippen LogP) is 4.17. The lowest BCUT2D eigenvalue weighted by atomic mass is 10.1. The highest BCUT2D eigenvalue weighted by atomic mass is 19.1. The van der Waals surface area contributed by atoms with Crippen LogP contribution in [0.4, 0.5) is 8.78 Å². The van der Waals surface area contributed by atoms with Crippen molar-refractivity contribution in [3.63, 3.8) is 0 Å². The van der Waals surface area contributed by atoms with Crippen molar-refractivity contribution < 1.29 is 18.0 Å². The van der Waals surface area contributed by atoms with Crippen LogP contribution in [0.25, 0.3) is 0 Å². The van der Waals surface area contributed by atoms with Crippen LogP contribution in [0.1, 0.15) is 39.9 Å². The van der Waals surface area contributed by atoms with Crippen LogP contribution in [0, 0.1) is 11.6 Å². The highest BCUT2D eigenvalue weighted by molar-refractivity contribution is 5.94. The van der Waals surface area contributed by atoms with E-state index in [-0.39, 0.29) is 17.6 Å². The molecule has 0 spiro atoms. The van der Waals surface area contributed by atoms with Gasteiger partial charge in [0.2, 0.25) is 0 Å². The molecule has 0 bridgehead atoms. The summed E-state index contributed by atoms with van der Waals surface area (Å²) in [7, 11) is 0. The van der Waals surface area contributed by atoms with Gasteiger partial charge in [-0.3, -0.25) is 4.79 Å². The zero-order valence-electron chi connectivity index (χ0n) is 14.6. The second-order valence-electron chi connectivity index (χ2n) is 6.72. The third kappa shape index (κ3) is 3.89. The van der Waals surface area contributed by atoms with E-state index in [1.54, 1.807) is 23.2 Å². The maximum atomic E-state index is 13.3. The predicted molar refractivity (Wildman–Crippen MR) is 95.4 cm³/mol. The Labute approximate surface area is 155 Å². The highest BCUT2D eigenvalue weighted by Gasteiger charge is 2.31. The number of rotatable bonds is 4. The summed E-state index contributed by atoms with van der Waals surface area (Å²) in [6, 6.07) is 12.1. The number of benzene rings is 2. The summed E-state index contributed by atoms with van der Waals surface area (Å²) in [6.45, 7) is 1.05. The number of hydrogen-bond acceptors (Lipinski definition) is 3. The molecule has 0 unspecified atom stereocenters. The van der Waals surface area contributed by atoms with Crippen LogP contribution in [0.15, 0.2) is 59.1 Å². The van der Waals surface area contributed by atoms with E-state index in [9.17, 15) is 13.6 Å². The Morgan fingerprint density at radius 2 is 1.93 bits per heavy atom. The number of amides is 1. The van der Waals surface area contributed by atoms with Gasteiger partial charge in [0.25, 0.3) is 5.91 Å². The van der Waals surface area contributed by atoms with Crippen LogP contribution in [-0.2, 0) is 6.42 Å². The molecular weight excluding hydrogens is 350 g/mol. The Kier molecular flexibility index (Phi) is 4.71. The van der Waals surface area contributed by atoms with Crippen LogP contribution in [-0.4, -0.2) is 28.9 Å². The van der Waals surface area contributed by atoms with Crippen molar-refractivity contribution in [1.29, 1.82) is 0 Å². The van der Waals surface area contributed by atoms with Crippen molar-refractivity contribution in [3.8, 4) is 0 Å². The summed E-state index contributed by atoms with van der Waals surface area (Å²) in [6.07, 6.45) is 2.85. The minimum Gasteiger partial charge on any atom is -0.445 e. The first-order chi connectivity index (χ1) is 13.1. The molecule has 1 aliphatic heterocycles. The Balaban J connectivity index is 1.42. The third-order valence-corrected chi connectivity index (χ3v) is 4.74. The molecule has 1 aromatic heterocycles. The number of aromatic nitrogens is 1. The van der Waals surface area contributed by atoms with Gasteiger partial charge in [-0.2, -0.15) is 0 Å². The van der Waals surface area contributed by atoms with Gasteiger partial charge in [-0.05, 0) is 42.3 Å². The van der Waals surface area contributed by atoms with Crippen LogP contribution in [0.5, 0.6) is 0 Å². The molecule has 0 saturated carbocycles. The lowest BCUT2D eigenvalue weighted by molar-refractivity contribution is 0.0789. The van der Waals surface area contributed by atoms with Crippen LogP contribution in [0.2, 0.25) is 0 Å². The standard InChI is InChI=1S/C21H18F2N2O2/c22-17-5-1-3-14(9-17)10-19-12-24-20(27-19)16-7-8-25(13-16)21(26)15-4-2-6-18(23)11-15/h1-6,9,11-12,16H,7-8,10,13H2/t16-/m0/s1. The number of halogens is 2. The van der Waals surface area contributed by atoms with Gasteiger partial charge in [0.15, 0.2) is 5.89 Å². The summed E-state index contributed by atoms with van der Waals surface area (Å²) in [5.41, 5.74) is 1.15. The summed E-state index contributed by atoms with van der Waals surface area (Å²) < 4.78 is 32.5. The average molecular weight is 368 g/mol. The molecule has 0 aliphatic carbocycles. The molecule has 2 heterocycles. The molecule has 1 saturated heterocycles. The molecule has 2 aromatic carbocycles. The van der Waals surface area contributed by atoms with Gasteiger partial charge in [0.05, 0.1) is 12.1 Å². The van der Waals surface area contributed by atoms with E-state index in [1.807, 2.05) is 6.07 Å². The second-order valence-corrected chi connectivity index (χ2v) is 6.72. The fourth-order valence-corrected chi connectivity index (χ4v) is 3.39. The molecule has 0 N–H and O–H groups in total. The summed E-state index contributed by atoms with van der Waals surface area (Å²) >= 11 is 0. The molecule has 1 atom stereocenters. The monoisotopic (exact) mass is 368 g/mol. The average Bonchev–Trinajstić information content (AvgIpc) is 3.30. The van der Waals surface area contributed by atoms with E-state index in [0.717, 1.165) is 12.0 Å². The Bertz CT molecular complexity index is 970. The molecular formula is C21H18F2N2O2. The Morgan fingerprint density at radius 3 is 2.70 bits per heavy atom. The molecule has 1 aliphatic rings. The van der Waals surface area contributed by atoms with E-state index in [0.29, 0.717) is 36.7 Å². The molecule has 138 valence electrons. The van der Waals surface area contributed by atoms with Gasteiger partial charge < -0.3 is 9.32 Å². The van der Waals surface area contributed by atoms with Crippen LogP contribution in [0.3, 0.4) is 0 Å². The van der Waals surface area contributed by atoms with E-state index in [2.05, 4.69) is 4.98 Å². The van der Waals surface area contributed by atoms with E-state index >= 15 is 0 Å². The summed E-state index contributed by atoms with van der Waals surface area (Å²) in [4.78, 5) is 18.6. The van der Waals surface area contributed by atoms with Crippen molar-refractivity contribution in [2.75, 3.05) is 13.1 Å². The number of hydrogen-bond donors (Lipinski definition) is 0. The molecule has 1 fully saturated rings. The molecule has 0 radical (unpaired) electrons. The number of carbonyl (C=O) groups excluding carboxylic acids is 1. The van der Waals surface area contributed by atoms with Gasteiger partial charge in [-0.25, -0.2) is 13.8 Å². The van der Waals surface area contributed by atoms with Crippen molar-refractivity contribution in [3.05, 3.63) is 89.1 Å². The van der Waals surface area contributed by atoms with Gasteiger partial charge in [0, 0.05) is 25.1 Å². The molecule has 27 heavy (non-hydrogen) atoms. The smallest absolute Gasteiger partial charge is 0.253 e. The zero-order chi connectivity index (χ0) is 18.8. The molecule has 1 amide bonds. The lowest BCUT2D eigenvalue weighted by Crippen LogP contribution is -2.28. The molecule has 3 aromatic rings. The van der Waals surface area contributed by atoms with Crippen LogP contribution >= 0.6 is 0 Å². The van der Waals surface area contributed by atoms with Gasteiger partial charge in [0.1, 0.15) is 17.4 Å². The Morgan fingerprint density at radius 1 is 1.15 bits per heavy atom. The first-order valence-corrected chi connectivity index (χ1v) is 8.82. The summed E-state index contributed by atoms with van der Waals surface area (Å²) in [5.74, 6) is 0.342. The fraction of sp³-hybridized carbons (Fsp3) is 0.238. The fourth-order valence-electron chi connectivity index (χ4n) is 3.39. The van der Waals surface area contributed by atoms with Crippen molar-refractivity contribution in [2.24, 2.45) is 0 Å². The number of oxazole rings is 1. The van der Waals surface area contributed by atoms with Crippen LogP contribution < -0.4 is 0 Å². The van der Waals surface area contributed by atoms with E-state index in [1.165, 1.54) is 30.3 Å². The van der Waals surface area contributed by atoms with E-state index in [4.69, 9.17) is 4.42 Å². The van der Waals surface area contributed by atoms with Crippen molar-refractivity contribution in [2.45, 2.75) is 18.8 Å². The quantitative estimate of drug-likeness (QED) is 0.694. The number of nitrogens with zero attached hydrogens (tertiary/aromatic N) is 2. The second kappa shape index (κ2) is 7.31. The first-order valence-electron chi connectivity index (χ1n) is 8.82. The largest absolute Gasteiger partial charge is 0.445 e. The SMILES string of the molecule is O=C(c1cccc(F)c1)N1CC[C@H](c2ncc(Cc3cccc(F)c3)o2)C1. The van der Waals surface area contributed by atoms with Gasteiger partial charge in [-0.15, -0.1) is 0 Å². The first kappa shape index (κ1) is 17.4. The maximum Gasteiger partial charge on any atom is 0.253 e. The minimum atomic E-state index is -0.425. The lowest BCUT2D eigenvalue weighted by Gasteiger charge is -2.15.